The van der Waals surface area contributed by atoms with E-state index in [1.807, 2.05) is 55.5 Å². The van der Waals surface area contributed by atoms with Gasteiger partial charge in [-0.3, -0.25) is 14.5 Å². The molecular formula is C30H27N5O4S. The quantitative estimate of drug-likeness (QED) is 0.267. The first-order valence-electron chi connectivity index (χ1n) is 13.0. The van der Waals surface area contributed by atoms with E-state index in [1.54, 1.807) is 22.1 Å². The highest BCUT2D eigenvalue weighted by Gasteiger charge is 2.34. The van der Waals surface area contributed by atoms with E-state index in [0.717, 1.165) is 23.1 Å². The van der Waals surface area contributed by atoms with E-state index in [2.05, 4.69) is 22.2 Å². The maximum Gasteiger partial charge on any atom is 0.331 e. The van der Waals surface area contributed by atoms with E-state index in [1.165, 1.54) is 17.4 Å². The number of aryl methyl sites for hydroxylation is 1. The Morgan fingerprint density at radius 1 is 1.15 bits per heavy atom. The summed E-state index contributed by atoms with van der Waals surface area (Å²) in [6.07, 6.45) is 4.36. The Morgan fingerprint density at radius 3 is 2.75 bits per heavy atom. The molecule has 0 aliphatic carbocycles. The second-order valence-corrected chi connectivity index (χ2v) is 10.8. The third-order valence-electron chi connectivity index (χ3n) is 7.15. The minimum atomic E-state index is -0.349. The number of nitrogens with one attached hydrogen (secondary N) is 2. The molecule has 6 rings (SSSR count). The van der Waals surface area contributed by atoms with Crippen LogP contribution in [0.3, 0.4) is 0 Å². The number of amides is 4. The summed E-state index contributed by atoms with van der Waals surface area (Å²) in [5, 5.41) is 7.28. The molecule has 4 amide bonds. The number of pyridine rings is 1. The number of rotatable bonds is 6. The van der Waals surface area contributed by atoms with Gasteiger partial charge in [-0.2, -0.15) is 0 Å². The fourth-order valence-corrected chi connectivity index (χ4v) is 6.24. The normalized spacial score (nSPS) is 16.4. The average Bonchev–Trinajstić information content (AvgIpc) is 3.31. The number of benzene rings is 2. The number of urea groups is 1. The molecule has 2 aromatic heterocycles. The summed E-state index contributed by atoms with van der Waals surface area (Å²) < 4.78 is 5.96. The van der Waals surface area contributed by atoms with Gasteiger partial charge >= 0.3 is 6.03 Å². The Hall–Kier alpha value is -4.70. The van der Waals surface area contributed by atoms with Crippen LogP contribution in [0.4, 0.5) is 26.9 Å². The molecule has 0 radical (unpaired) electrons. The molecule has 202 valence electrons. The first-order valence-corrected chi connectivity index (χ1v) is 13.8. The number of ether oxygens (including phenoxy) is 1. The number of carbonyl (C=O) groups is 3. The van der Waals surface area contributed by atoms with E-state index < -0.39 is 0 Å². The van der Waals surface area contributed by atoms with E-state index in [0.29, 0.717) is 52.2 Å². The van der Waals surface area contributed by atoms with Crippen molar-refractivity contribution < 1.29 is 19.1 Å². The van der Waals surface area contributed by atoms with Crippen molar-refractivity contribution in [3.8, 4) is 11.5 Å². The summed E-state index contributed by atoms with van der Waals surface area (Å²) in [5.74, 6) is 0.685. The van der Waals surface area contributed by atoms with Gasteiger partial charge in [-0.05, 0) is 67.8 Å². The number of anilines is 4. The second-order valence-electron chi connectivity index (χ2n) is 9.76. The van der Waals surface area contributed by atoms with Crippen LogP contribution in [0.15, 0.2) is 73.4 Å². The van der Waals surface area contributed by atoms with Gasteiger partial charge < -0.3 is 20.3 Å². The van der Waals surface area contributed by atoms with Crippen molar-refractivity contribution in [3.05, 3.63) is 79.0 Å². The molecule has 4 aromatic rings. The standard InChI is InChI=1S/C30H27N5O4S/c1-3-24(36)34-15-7-8-19(17-34)27(37)33-29-26-25-23(13-14-31-28(25)40-29)35(30(38)32-26)22-12-11-21(16-18(22)2)39-20-9-5-4-6-10-20/h3-6,9-14,16,19H,1,7-8,15,17H2,2H3,(H,32,38)(H,33,37). The Labute approximate surface area is 235 Å². The molecule has 1 fully saturated rings. The van der Waals surface area contributed by atoms with E-state index in [-0.39, 0.29) is 23.8 Å². The van der Waals surface area contributed by atoms with E-state index in [9.17, 15) is 14.4 Å². The fraction of sp³-hybridized carbons (Fsp3) is 0.200. The molecule has 2 N–H and O–H groups in total. The van der Waals surface area contributed by atoms with Gasteiger partial charge in [0.15, 0.2) is 0 Å². The Balaban J connectivity index is 1.29. The summed E-state index contributed by atoms with van der Waals surface area (Å²) in [6.45, 7) is 6.43. The molecule has 10 heteroatoms. The Morgan fingerprint density at radius 2 is 1.98 bits per heavy atom. The van der Waals surface area contributed by atoms with Crippen LogP contribution in [-0.4, -0.2) is 40.8 Å². The molecule has 0 saturated carbocycles. The van der Waals surface area contributed by atoms with Gasteiger partial charge in [0.2, 0.25) is 11.8 Å². The highest BCUT2D eigenvalue weighted by Crippen LogP contribution is 2.49. The van der Waals surface area contributed by atoms with Crippen molar-refractivity contribution >= 4 is 61.5 Å². The summed E-state index contributed by atoms with van der Waals surface area (Å²) in [6, 6.07) is 16.6. The van der Waals surface area contributed by atoms with Crippen LogP contribution in [0.25, 0.3) is 10.2 Å². The monoisotopic (exact) mass is 553 g/mol. The molecule has 1 saturated heterocycles. The predicted octanol–water partition coefficient (Wildman–Crippen LogP) is 6.44. The smallest absolute Gasteiger partial charge is 0.331 e. The topological polar surface area (TPSA) is 104 Å². The zero-order chi connectivity index (χ0) is 27.8. The highest BCUT2D eigenvalue weighted by atomic mass is 32.1. The van der Waals surface area contributed by atoms with Crippen LogP contribution in [0, 0.1) is 12.8 Å². The van der Waals surface area contributed by atoms with Crippen molar-refractivity contribution in [3.63, 3.8) is 0 Å². The molecule has 2 aromatic carbocycles. The lowest BCUT2D eigenvalue weighted by Crippen LogP contribution is -2.43. The van der Waals surface area contributed by atoms with E-state index in [4.69, 9.17) is 4.74 Å². The maximum atomic E-state index is 13.5. The first-order chi connectivity index (χ1) is 19.4. The van der Waals surface area contributed by atoms with Crippen molar-refractivity contribution in [2.24, 2.45) is 5.92 Å². The average molecular weight is 554 g/mol. The van der Waals surface area contributed by atoms with Crippen LogP contribution in [0.2, 0.25) is 0 Å². The van der Waals surface area contributed by atoms with Crippen molar-refractivity contribution in [2.45, 2.75) is 19.8 Å². The van der Waals surface area contributed by atoms with Crippen molar-refractivity contribution in [2.75, 3.05) is 28.6 Å². The minimum Gasteiger partial charge on any atom is -0.457 e. The third-order valence-corrected chi connectivity index (χ3v) is 8.16. The lowest BCUT2D eigenvalue weighted by molar-refractivity contribution is -0.130. The van der Waals surface area contributed by atoms with Gasteiger partial charge in [-0.15, -0.1) is 0 Å². The number of nitrogens with zero attached hydrogens (tertiary/aromatic N) is 3. The number of aromatic nitrogens is 1. The molecule has 0 spiro atoms. The number of thiophene rings is 1. The summed E-state index contributed by atoms with van der Waals surface area (Å²) in [7, 11) is 0. The van der Waals surface area contributed by atoms with Crippen LogP contribution in [0.5, 0.6) is 11.5 Å². The molecule has 4 heterocycles. The number of hydrogen-bond donors (Lipinski definition) is 2. The number of piperidine rings is 1. The highest BCUT2D eigenvalue weighted by molar-refractivity contribution is 7.23. The predicted molar refractivity (Wildman–Crippen MR) is 157 cm³/mol. The van der Waals surface area contributed by atoms with Gasteiger partial charge in [0.1, 0.15) is 21.3 Å². The second kappa shape index (κ2) is 10.5. The third kappa shape index (κ3) is 4.66. The molecule has 2 aliphatic heterocycles. The molecule has 1 unspecified atom stereocenters. The largest absolute Gasteiger partial charge is 0.457 e. The molecule has 2 aliphatic rings. The lowest BCUT2D eigenvalue weighted by atomic mass is 9.97. The van der Waals surface area contributed by atoms with Crippen LogP contribution in [-0.2, 0) is 9.59 Å². The number of para-hydroxylation sites is 1. The fourth-order valence-electron chi connectivity index (χ4n) is 5.21. The molecular weight excluding hydrogens is 526 g/mol. The van der Waals surface area contributed by atoms with Gasteiger partial charge in [0, 0.05) is 19.3 Å². The summed E-state index contributed by atoms with van der Waals surface area (Å²) >= 11 is 1.31. The van der Waals surface area contributed by atoms with Crippen LogP contribution >= 0.6 is 11.3 Å². The first kappa shape index (κ1) is 25.6. The molecule has 40 heavy (non-hydrogen) atoms. The van der Waals surface area contributed by atoms with Gasteiger partial charge in [0.25, 0.3) is 0 Å². The molecule has 1 atom stereocenters. The number of hydrogen-bond acceptors (Lipinski definition) is 6. The molecule has 0 bridgehead atoms. The number of likely N-dealkylation sites (tertiary alicyclic amines) is 1. The summed E-state index contributed by atoms with van der Waals surface area (Å²) in [4.78, 5) is 47.3. The lowest BCUT2D eigenvalue weighted by Gasteiger charge is -2.31. The van der Waals surface area contributed by atoms with Gasteiger partial charge in [-0.25, -0.2) is 9.78 Å². The maximum absolute atomic E-state index is 13.5. The number of carbonyl (C=O) groups excluding carboxylic acids is 3. The Kier molecular flexibility index (Phi) is 6.69. The zero-order valence-electron chi connectivity index (χ0n) is 21.8. The Bertz CT molecular complexity index is 1650. The van der Waals surface area contributed by atoms with E-state index >= 15 is 0 Å². The SMILES string of the molecule is C=CC(=O)N1CCCC(C(=O)Nc2sc3nccc4c3c2NC(=O)N4c2ccc(Oc3ccccc3)cc2C)C1. The van der Waals surface area contributed by atoms with Crippen molar-refractivity contribution in [1.29, 1.82) is 0 Å². The summed E-state index contributed by atoms with van der Waals surface area (Å²) in [5.41, 5.74) is 2.79. The zero-order valence-corrected chi connectivity index (χ0v) is 22.7. The van der Waals surface area contributed by atoms with Crippen LogP contribution < -0.4 is 20.3 Å². The minimum absolute atomic E-state index is 0.175. The van der Waals surface area contributed by atoms with Gasteiger partial charge in [-0.1, -0.05) is 36.1 Å². The van der Waals surface area contributed by atoms with Gasteiger partial charge in [0.05, 0.1) is 28.4 Å². The molecule has 9 nitrogen and oxygen atoms in total. The van der Waals surface area contributed by atoms with Crippen molar-refractivity contribution in [1.82, 2.24) is 9.88 Å². The van der Waals surface area contributed by atoms with Crippen LogP contribution in [0.1, 0.15) is 18.4 Å².